The molecule has 0 saturated carbocycles. The molecule has 5 nitrogen and oxygen atoms in total. The second kappa shape index (κ2) is 9.31. The number of hydrogen-bond acceptors (Lipinski definition) is 6. The van der Waals surface area contributed by atoms with Crippen LogP contribution in [0.2, 0.25) is 0 Å². The van der Waals surface area contributed by atoms with Crippen LogP contribution in [0, 0.1) is 5.92 Å². The van der Waals surface area contributed by atoms with Crippen molar-refractivity contribution in [3.63, 3.8) is 0 Å². The molecule has 7 heteroatoms. The number of carbonyl (C=O) groups is 2. The molecule has 0 unspecified atom stereocenters. The number of aromatic nitrogens is 1. The third-order valence-corrected chi connectivity index (χ3v) is 8.77. The zero-order chi connectivity index (χ0) is 23.8. The maximum atomic E-state index is 13.6. The zero-order valence-electron chi connectivity index (χ0n) is 19.4. The van der Waals surface area contributed by atoms with Crippen LogP contribution in [-0.4, -0.2) is 24.0 Å². The third kappa shape index (κ3) is 4.14. The topological polar surface area (TPSA) is 68.3 Å². The van der Waals surface area contributed by atoms with Crippen LogP contribution in [0.5, 0.6) is 0 Å². The van der Waals surface area contributed by atoms with Crippen LogP contribution < -0.4 is 5.32 Å². The third-order valence-electron chi connectivity index (χ3n) is 6.35. The fraction of sp³-hybridized carbons (Fsp3) is 0.296. The van der Waals surface area contributed by atoms with E-state index in [1.165, 1.54) is 28.2 Å². The standard InChI is InChI=1S/C27H26N2O3S2/c1-4-16-10-12-22(33-16)21-14-19(17-7-5-6-8-20(17)28-21)25(30)29-26-24(27(31)32-3)18-11-9-15(2)13-23(18)34-26/h5-8,10,12,14-15H,4,9,11,13H2,1-3H3,(H,29,30)/t15-/m1/s1. The molecule has 3 aromatic heterocycles. The maximum Gasteiger partial charge on any atom is 0.341 e. The molecule has 4 aromatic rings. The van der Waals surface area contributed by atoms with Crippen LogP contribution in [0.3, 0.4) is 0 Å². The SMILES string of the molecule is CCc1ccc(-c2cc(C(=O)Nc3sc4c(c3C(=O)OC)CC[C@@H](C)C4)c3ccccc3n2)s1. The van der Waals surface area contributed by atoms with Gasteiger partial charge in [0, 0.05) is 15.1 Å². The van der Waals surface area contributed by atoms with E-state index in [9.17, 15) is 9.59 Å². The molecule has 1 aromatic carbocycles. The summed E-state index contributed by atoms with van der Waals surface area (Å²) in [7, 11) is 1.39. The number of nitrogens with zero attached hydrogens (tertiary/aromatic N) is 1. The first kappa shape index (κ1) is 22.7. The summed E-state index contributed by atoms with van der Waals surface area (Å²) in [6, 6.07) is 13.7. The molecular weight excluding hydrogens is 464 g/mol. The zero-order valence-corrected chi connectivity index (χ0v) is 21.1. The van der Waals surface area contributed by atoms with E-state index in [-0.39, 0.29) is 5.91 Å². The number of fused-ring (bicyclic) bond motifs is 2. The second-order valence-electron chi connectivity index (χ2n) is 8.69. The van der Waals surface area contributed by atoms with E-state index in [0.717, 1.165) is 52.7 Å². The van der Waals surface area contributed by atoms with Crippen molar-refractivity contribution in [1.82, 2.24) is 4.98 Å². The lowest BCUT2D eigenvalue weighted by Crippen LogP contribution is -2.16. The van der Waals surface area contributed by atoms with Gasteiger partial charge in [-0.25, -0.2) is 9.78 Å². The summed E-state index contributed by atoms with van der Waals surface area (Å²) in [6.07, 6.45) is 3.73. The number of amides is 1. The molecule has 34 heavy (non-hydrogen) atoms. The van der Waals surface area contributed by atoms with Gasteiger partial charge in [-0.1, -0.05) is 32.0 Å². The summed E-state index contributed by atoms with van der Waals surface area (Å²) in [5.41, 5.74) is 3.62. The first-order valence-corrected chi connectivity index (χ1v) is 13.1. The van der Waals surface area contributed by atoms with E-state index >= 15 is 0 Å². The van der Waals surface area contributed by atoms with Gasteiger partial charge in [0.1, 0.15) is 5.00 Å². The van der Waals surface area contributed by atoms with Gasteiger partial charge in [0.25, 0.3) is 5.91 Å². The molecule has 174 valence electrons. The smallest absolute Gasteiger partial charge is 0.341 e. The average Bonchev–Trinajstić information content (AvgIpc) is 3.47. The van der Waals surface area contributed by atoms with Crippen molar-refractivity contribution in [2.45, 2.75) is 39.5 Å². The highest BCUT2D eigenvalue weighted by molar-refractivity contribution is 7.17. The van der Waals surface area contributed by atoms with Crippen molar-refractivity contribution in [1.29, 1.82) is 0 Å². The predicted molar refractivity (Wildman–Crippen MR) is 139 cm³/mol. The monoisotopic (exact) mass is 490 g/mol. The number of benzene rings is 1. The normalized spacial score (nSPS) is 15.2. The molecule has 0 radical (unpaired) electrons. The number of methoxy groups -OCH3 is 1. The Balaban J connectivity index is 1.57. The molecule has 1 atom stereocenters. The number of anilines is 1. The number of pyridine rings is 1. The maximum absolute atomic E-state index is 13.6. The Labute approximate surface area is 206 Å². The first-order chi connectivity index (χ1) is 16.5. The molecule has 0 bridgehead atoms. The van der Waals surface area contributed by atoms with Crippen molar-refractivity contribution in [3.8, 4) is 10.6 Å². The Hall–Kier alpha value is -3.03. The number of para-hydroxylation sites is 1. The molecule has 0 saturated heterocycles. The van der Waals surface area contributed by atoms with Gasteiger partial charge in [0.05, 0.1) is 34.3 Å². The van der Waals surface area contributed by atoms with Crippen LogP contribution in [-0.2, 0) is 24.0 Å². The number of thiophene rings is 2. The van der Waals surface area contributed by atoms with Crippen molar-refractivity contribution in [2.24, 2.45) is 5.92 Å². The van der Waals surface area contributed by atoms with Crippen LogP contribution in [0.4, 0.5) is 5.00 Å². The van der Waals surface area contributed by atoms with Crippen LogP contribution in [0.1, 0.15) is 56.3 Å². The Morgan fingerprint density at radius 3 is 2.76 bits per heavy atom. The van der Waals surface area contributed by atoms with E-state index in [1.54, 1.807) is 11.3 Å². The number of nitrogens with one attached hydrogen (secondary N) is 1. The van der Waals surface area contributed by atoms with Gasteiger partial charge in [-0.05, 0) is 61.4 Å². The van der Waals surface area contributed by atoms with Crippen molar-refractivity contribution in [2.75, 3.05) is 12.4 Å². The molecule has 0 aliphatic heterocycles. The molecule has 1 amide bonds. The number of ether oxygens (including phenoxy) is 1. The van der Waals surface area contributed by atoms with Crippen molar-refractivity contribution >= 4 is 50.5 Å². The molecule has 1 aliphatic carbocycles. The van der Waals surface area contributed by atoms with E-state index in [4.69, 9.17) is 9.72 Å². The predicted octanol–water partition coefficient (Wildman–Crippen LogP) is 6.75. The second-order valence-corrected chi connectivity index (χ2v) is 11.0. The first-order valence-electron chi connectivity index (χ1n) is 11.5. The highest BCUT2D eigenvalue weighted by Crippen LogP contribution is 2.40. The minimum atomic E-state index is -0.395. The minimum Gasteiger partial charge on any atom is -0.465 e. The van der Waals surface area contributed by atoms with Gasteiger partial charge in [0.2, 0.25) is 0 Å². The fourth-order valence-corrected chi connectivity index (χ4v) is 6.82. The lowest BCUT2D eigenvalue weighted by Gasteiger charge is -2.18. The number of carbonyl (C=O) groups excluding carboxylic acids is 2. The Bertz CT molecular complexity index is 1400. The highest BCUT2D eigenvalue weighted by atomic mass is 32.1. The van der Waals surface area contributed by atoms with Crippen molar-refractivity contribution in [3.05, 3.63) is 68.9 Å². The molecule has 0 fully saturated rings. The number of hydrogen-bond donors (Lipinski definition) is 1. The largest absolute Gasteiger partial charge is 0.465 e. The summed E-state index contributed by atoms with van der Waals surface area (Å²) >= 11 is 3.19. The van der Waals surface area contributed by atoms with E-state index < -0.39 is 5.97 Å². The Kier molecular flexibility index (Phi) is 6.23. The van der Waals surface area contributed by atoms with Crippen LogP contribution >= 0.6 is 22.7 Å². The van der Waals surface area contributed by atoms with Gasteiger partial charge < -0.3 is 10.1 Å². The van der Waals surface area contributed by atoms with Gasteiger partial charge in [-0.3, -0.25) is 4.79 Å². The minimum absolute atomic E-state index is 0.246. The summed E-state index contributed by atoms with van der Waals surface area (Å²) in [5, 5.41) is 4.41. The molecule has 5 rings (SSSR count). The van der Waals surface area contributed by atoms with Crippen molar-refractivity contribution < 1.29 is 14.3 Å². The van der Waals surface area contributed by atoms with Crippen LogP contribution in [0.15, 0.2) is 42.5 Å². The Morgan fingerprint density at radius 1 is 1.18 bits per heavy atom. The van der Waals surface area contributed by atoms with Gasteiger partial charge in [-0.2, -0.15) is 0 Å². The number of rotatable bonds is 5. The van der Waals surface area contributed by atoms with Gasteiger partial charge >= 0.3 is 5.97 Å². The summed E-state index contributed by atoms with van der Waals surface area (Å²) in [4.78, 5) is 34.6. The molecule has 1 N–H and O–H groups in total. The lowest BCUT2D eigenvalue weighted by atomic mass is 9.88. The van der Waals surface area contributed by atoms with Gasteiger partial charge in [0.15, 0.2) is 0 Å². The molecule has 0 spiro atoms. The highest BCUT2D eigenvalue weighted by Gasteiger charge is 2.29. The average molecular weight is 491 g/mol. The molecular formula is C27H26N2O3S2. The summed E-state index contributed by atoms with van der Waals surface area (Å²) < 4.78 is 5.08. The Morgan fingerprint density at radius 2 is 2.00 bits per heavy atom. The van der Waals surface area contributed by atoms with Crippen LogP contribution in [0.25, 0.3) is 21.5 Å². The van der Waals surface area contributed by atoms with Gasteiger partial charge in [-0.15, -0.1) is 22.7 Å². The quantitative estimate of drug-likeness (QED) is 0.314. The summed E-state index contributed by atoms with van der Waals surface area (Å²) in [5.74, 6) is -0.0806. The summed E-state index contributed by atoms with van der Waals surface area (Å²) in [6.45, 7) is 4.35. The number of aryl methyl sites for hydroxylation is 1. The lowest BCUT2D eigenvalue weighted by molar-refractivity contribution is 0.0601. The fourth-order valence-electron chi connectivity index (χ4n) is 4.52. The molecule has 3 heterocycles. The van der Waals surface area contributed by atoms with E-state index in [0.29, 0.717) is 22.0 Å². The van der Waals surface area contributed by atoms with E-state index in [1.807, 2.05) is 30.3 Å². The van der Waals surface area contributed by atoms with E-state index in [2.05, 4.69) is 31.3 Å². The molecule has 1 aliphatic rings. The number of esters is 1.